The number of esters is 1. The molecule has 0 aliphatic heterocycles. The first-order valence-electron chi connectivity index (χ1n) is 3.61. The number of carbonyl (C=O) groups excluding carboxylic acids is 1. The zero-order valence-corrected chi connectivity index (χ0v) is 8.43. The van der Waals surface area contributed by atoms with E-state index < -0.39 is 22.0 Å². The molecule has 76 valence electrons. The van der Waals surface area contributed by atoms with E-state index in [0.717, 1.165) is 0 Å². The van der Waals surface area contributed by atoms with Crippen molar-refractivity contribution in [1.29, 1.82) is 0 Å². The van der Waals surface area contributed by atoms with E-state index in [1.165, 1.54) is 20.1 Å². The Morgan fingerprint density at radius 1 is 1.69 bits per heavy atom. The van der Waals surface area contributed by atoms with E-state index >= 15 is 0 Å². The van der Waals surface area contributed by atoms with Crippen LogP contribution in [0.25, 0.3) is 0 Å². The standard InChI is InChI=1S/C7H13NO4S/c1-4-5-13(10,11)8-6(2)7(9)12-3/h4,6,8H,1,5H2,2-3H3. The summed E-state index contributed by atoms with van der Waals surface area (Å²) < 4.78 is 28.6. The zero-order valence-electron chi connectivity index (χ0n) is 7.61. The van der Waals surface area contributed by atoms with E-state index in [4.69, 9.17) is 0 Å². The summed E-state index contributed by atoms with van der Waals surface area (Å²) in [5, 5.41) is 0. The largest absolute Gasteiger partial charge is 0.468 e. The van der Waals surface area contributed by atoms with Crippen molar-refractivity contribution in [3.05, 3.63) is 12.7 Å². The minimum atomic E-state index is -3.45. The van der Waals surface area contributed by atoms with Crippen LogP contribution < -0.4 is 4.72 Å². The highest BCUT2D eigenvalue weighted by Gasteiger charge is 2.19. The lowest BCUT2D eigenvalue weighted by Gasteiger charge is -2.10. The summed E-state index contributed by atoms with van der Waals surface area (Å²) in [4.78, 5) is 10.8. The Morgan fingerprint density at radius 3 is 2.62 bits per heavy atom. The fourth-order valence-corrected chi connectivity index (χ4v) is 1.74. The van der Waals surface area contributed by atoms with E-state index in [-0.39, 0.29) is 5.75 Å². The molecule has 0 rings (SSSR count). The number of nitrogens with one attached hydrogen (secondary N) is 1. The number of hydrogen-bond acceptors (Lipinski definition) is 4. The van der Waals surface area contributed by atoms with E-state index in [1.807, 2.05) is 0 Å². The van der Waals surface area contributed by atoms with E-state index in [2.05, 4.69) is 16.0 Å². The van der Waals surface area contributed by atoms with Gasteiger partial charge in [0.2, 0.25) is 10.0 Å². The van der Waals surface area contributed by atoms with Crippen molar-refractivity contribution in [3.63, 3.8) is 0 Å². The van der Waals surface area contributed by atoms with Crippen molar-refractivity contribution in [2.75, 3.05) is 12.9 Å². The van der Waals surface area contributed by atoms with E-state index in [9.17, 15) is 13.2 Å². The first-order valence-corrected chi connectivity index (χ1v) is 5.27. The Bertz CT molecular complexity index is 283. The van der Waals surface area contributed by atoms with Crippen molar-refractivity contribution in [2.45, 2.75) is 13.0 Å². The van der Waals surface area contributed by atoms with Gasteiger partial charge in [0.05, 0.1) is 12.9 Å². The normalized spacial score (nSPS) is 13.4. The van der Waals surface area contributed by atoms with Crippen LogP contribution in [0.5, 0.6) is 0 Å². The Kier molecular flexibility index (Phi) is 4.64. The molecule has 0 radical (unpaired) electrons. The summed E-state index contributed by atoms with van der Waals surface area (Å²) in [6.45, 7) is 4.69. The number of hydrogen-bond donors (Lipinski definition) is 1. The molecule has 0 spiro atoms. The zero-order chi connectivity index (χ0) is 10.5. The van der Waals surface area contributed by atoms with Crippen LogP contribution >= 0.6 is 0 Å². The second kappa shape index (κ2) is 4.98. The molecule has 0 aromatic heterocycles. The molecule has 13 heavy (non-hydrogen) atoms. The molecule has 0 saturated carbocycles. The molecule has 1 N–H and O–H groups in total. The SMILES string of the molecule is C=CCS(=O)(=O)NC(C)C(=O)OC. The van der Waals surface area contributed by atoms with Crippen molar-refractivity contribution in [2.24, 2.45) is 0 Å². The van der Waals surface area contributed by atoms with Crippen LogP contribution in [0.15, 0.2) is 12.7 Å². The van der Waals surface area contributed by atoms with Gasteiger partial charge in [-0.05, 0) is 6.92 Å². The molecule has 0 bridgehead atoms. The fraction of sp³-hybridized carbons (Fsp3) is 0.571. The maximum atomic E-state index is 11.1. The molecule has 1 unspecified atom stereocenters. The third kappa shape index (κ3) is 4.64. The van der Waals surface area contributed by atoms with Gasteiger partial charge in [0.1, 0.15) is 6.04 Å². The first-order chi connectivity index (χ1) is 5.93. The minimum Gasteiger partial charge on any atom is -0.468 e. The molecule has 0 heterocycles. The average Bonchev–Trinajstić information content (AvgIpc) is 2.01. The van der Waals surface area contributed by atoms with Gasteiger partial charge >= 0.3 is 5.97 Å². The fourth-order valence-electron chi connectivity index (χ4n) is 0.697. The van der Waals surface area contributed by atoms with Gasteiger partial charge in [-0.3, -0.25) is 4.79 Å². The second-order valence-corrected chi connectivity index (χ2v) is 4.23. The lowest BCUT2D eigenvalue weighted by Crippen LogP contribution is -2.39. The van der Waals surface area contributed by atoms with Gasteiger partial charge in [-0.1, -0.05) is 6.08 Å². The lowest BCUT2D eigenvalue weighted by molar-refractivity contribution is -0.142. The quantitative estimate of drug-likeness (QED) is 0.494. The molecule has 0 aromatic carbocycles. The number of ether oxygens (including phenoxy) is 1. The monoisotopic (exact) mass is 207 g/mol. The maximum absolute atomic E-state index is 11.1. The molecule has 0 aliphatic carbocycles. The Hall–Kier alpha value is -0.880. The predicted octanol–water partition coefficient (Wildman–Crippen LogP) is -0.347. The Labute approximate surface area is 77.8 Å². The first kappa shape index (κ1) is 12.1. The summed E-state index contributed by atoms with van der Waals surface area (Å²) in [6.07, 6.45) is 1.24. The van der Waals surface area contributed by atoms with Crippen molar-refractivity contribution < 1.29 is 17.9 Å². The highest BCUT2D eigenvalue weighted by Crippen LogP contribution is 1.92. The van der Waals surface area contributed by atoms with Gasteiger partial charge in [0, 0.05) is 0 Å². The van der Waals surface area contributed by atoms with Gasteiger partial charge in [-0.25, -0.2) is 13.1 Å². The van der Waals surface area contributed by atoms with Gasteiger partial charge in [-0.15, -0.1) is 6.58 Å². The molecule has 0 aliphatic rings. The van der Waals surface area contributed by atoms with Crippen LogP contribution in [0.3, 0.4) is 0 Å². The summed E-state index contributed by atoms with van der Waals surface area (Å²) >= 11 is 0. The minimum absolute atomic E-state index is 0.214. The average molecular weight is 207 g/mol. The third-order valence-corrected chi connectivity index (χ3v) is 2.64. The van der Waals surface area contributed by atoms with Gasteiger partial charge in [0.25, 0.3) is 0 Å². The van der Waals surface area contributed by atoms with Crippen LogP contribution in [-0.2, 0) is 19.6 Å². The topological polar surface area (TPSA) is 72.5 Å². The van der Waals surface area contributed by atoms with Gasteiger partial charge in [0.15, 0.2) is 0 Å². The molecule has 0 fully saturated rings. The smallest absolute Gasteiger partial charge is 0.323 e. The van der Waals surface area contributed by atoms with Gasteiger partial charge in [-0.2, -0.15) is 0 Å². The number of rotatable bonds is 5. The number of carbonyl (C=O) groups is 1. The maximum Gasteiger partial charge on any atom is 0.323 e. The van der Waals surface area contributed by atoms with Crippen LogP contribution in [-0.4, -0.2) is 33.3 Å². The Balaban J connectivity index is 4.27. The molecule has 0 saturated heterocycles. The molecule has 0 amide bonds. The molecular formula is C7H13NO4S. The van der Waals surface area contributed by atoms with Crippen molar-refractivity contribution in [3.8, 4) is 0 Å². The highest BCUT2D eigenvalue weighted by atomic mass is 32.2. The lowest BCUT2D eigenvalue weighted by atomic mass is 10.4. The van der Waals surface area contributed by atoms with Crippen molar-refractivity contribution >= 4 is 16.0 Å². The van der Waals surface area contributed by atoms with E-state index in [1.54, 1.807) is 0 Å². The predicted molar refractivity (Wildman–Crippen MR) is 48.6 cm³/mol. The van der Waals surface area contributed by atoms with Crippen LogP contribution in [0, 0.1) is 0 Å². The molecule has 1 atom stereocenters. The molecule has 6 heteroatoms. The number of sulfonamides is 1. The number of methoxy groups -OCH3 is 1. The summed E-state index contributed by atoms with van der Waals surface area (Å²) in [5.41, 5.74) is 0. The molecule has 5 nitrogen and oxygen atoms in total. The van der Waals surface area contributed by atoms with Crippen molar-refractivity contribution in [1.82, 2.24) is 4.72 Å². The second-order valence-electron chi connectivity index (χ2n) is 2.43. The summed E-state index contributed by atoms with van der Waals surface area (Å²) in [5.74, 6) is -0.832. The highest BCUT2D eigenvalue weighted by molar-refractivity contribution is 7.89. The Morgan fingerprint density at radius 2 is 2.23 bits per heavy atom. The van der Waals surface area contributed by atoms with Crippen LogP contribution in [0.4, 0.5) is 0 Å². The summed E-state index contributed by atoms with van der Waals surface area (Å²) in [6, 6.07) is -0.866. The molecular weight excluding hydrogens is 194 g/mol. The van der Waals surface area contributed by atoms with Crippen LogP contribution in [0.1, 0.15) is 6.92 Å². The molecule has 0 aromatic rings. The van der Waals surface area contributed by atoms with Crippen LogP contribution in [0.2, 0.25) is 0 Å². The summed E-state index contributed by atoms with van der Waals surface area (Å²) in [7, 11) is -2.26. The van der Waals surface area contributed by atoms with E-state index in [0.29, 0.717) is 0 Å². The third-order valence-electron chi connectivity index (χ3n) is 1.25. The van der Waals surface area contributed by atoms with Gasteiger partial charge < -0.3 is 4.74 Å².